The molecule has 0 radical (unpaired) electrons. The van der Waals surface area contributed by atoms with Crippen molar-refractivity contribution in [1.82, 2.24) is 0 Å². The maximum atomic E-state index is 7.57. The van der Waals surface area contributed by atoms with Gasteiger partial charge in [-0.2, -0.15) is 0 Å². The molecule has 1 atom stereocenters. The summed E-state index contributed by atoms with van der Waals surface area (Å²) < 4.78 is 0. The van der Waals surface area contributed by atoms with Gasteiger partial charge in [-0.3, -0.25) is 5.41 Å². The molecule has 0 bridgehead atoms. The minimum Gasteiger partial charge on any atom is -0.387 e. The van der Waals surface area contributed by atoms with Crippen LogP contribution < -0.4 is 5.73 Å². The lowest BCUT2D eigenvalue weighted by molar-refractivity contribution is 0.994. The first kappa shape index (κ1) is 14.3. The number of nitrogens with one attached hydrogen (secondary N) is 1. The largest absolute Gasteiger partial charge is 0.387 e. The van der Waals surface area contributed by atoms with Gasteiger partial charge >= 0.3 is 0 Å². The highest BCUT2D eigenvalue weighted by Crippen LogP contribution is 2.28. The van der Waals surface area contributed by atoms with Gasteiger partial charge in [-0.25, -0.2) is 0 Å². The number of hydrogen-bond donors (Lipinski definition) is 2. The van der Waals surface area contributed by atoms with E-state index < -0.39 is 0 Å². The van der Waals surface area contributed by atoms with Gasteiger partial charge in [0.1, 0.15) is 0 Å². The predicted octanol–water partition coefficient (Wildman–Crippen LogP) is 3.81. The highest BCUT2D eigenvalue weighted by molar-refractivity contribution is 5.87. The lowest BCUT2D eigenvalue weighted by atomic mass is 9.91. The van der Waals surface area contributed by atoms with Crippen molar-refractivity contribution in [3.8, 4) is 11.1 Å². The topological polar surface area (TPSA) is 49.9 Å². The van der Waals surface area contributed by atoms with E-state index >= 15 is 0 Å². The van der Waals surface area contributed by atoms with Crippen molar-refractivity contribution < 1.29 is 0 Å². The van der Waals surface area contributed by atoms with Crippen LogP contribution in [-0.4, -0.2) is 5.84 Å². The van der Waals surface area contributed by atoms with E-state index in [9.17, 15) is 0 Å². The van der Waals surface area contributed by atoms with Crippen LogP contribution in [0, 0.1) is 5.41 Å². The summed E-state index contributed by atoms with van der Waals surface area (Å²) in [6.45, 7) is 1.96. The first-order chi connectivity index (χ1) is 8.20. The Labute approximate surface area is 114 Å². The zero-order chi connectivity index (χ0) is 12.3. The van der Waals surface area contributed by atoms with Crippen molar-refractivity contribution in [2.75, 3.05) is 0 Å². The highest BCUT2D eigenvalue weighted by Gasteiger charge is 2.13. The molecule has 0 aliphatic heterocycles. The summed E-state index contributed by atoms with van der Waals surface area (Å²) in [5, 5.41) is 7.57. The number of amidine groups is 1. The lowest BCUT2D eigenvalue weighted by Gasteiger charge is -2.15. The molecular weight excluding hydrogens is 244 g/mol. The molecule has 2 aromatic rings. The van der Waals surface area contributed by atoms with E-state index in [4.69, 9.17) is 11.1 Å². The zero-order valence-electron chi connectivity index (χ0n) is 10.3. The Morgan fingerprint density at radius 1 is 1.00 bits per heavy atom. The van der Waals surface area contributed by atoms with E-state index in [1.807, 2.05) is 43.3 Å². The minimum atomic E-state index is -0.0496. The van der Waals surface area contributed by atoms with Gasteiger partial charge in [0.25, 0.3) is 0 Å². The quantitative estimate of drug-likeness (QED) is 0.640. The molecule has 1 unspecified atom stereocenters. The standard InChI is InChI=1S/C15H16N2.ClH/c1-11(15(16)17)13-9-5-6-10-14(13)12-7-3-2-4-8-12;/h2-11H,1H3,(H3,16,17);1H. The van der Waals surface area contributed by atoms with Crippen molar-refractivity contribution in [1.29, 1.82) is 5.41 Å². The Bertz CT molecular complexity index is 523. The van der Waals surface area contributed by atoms with Crippen molar-refractivity contribution in [3.05, 3.63) is 60.2 Å². The second-order valence-electron chi connectivity index (χ2n) is 4.13. The zero-order valence-corrected chi connectivity index (χ0v) is 11.1. The van der Waals surface area contributed by atoms with Crippen molar-refractivity contribution in [2.24, 2.45) is 5.73 Å². The second-order valence-corrected chi connectivity index (χ2v) is 4.13. The molecule has 0 fully saturated rings. The van der Waals surface area contributed by atoms with Crippen molar-refractivity contribution in [2.45, 2.75) is 12.8 Å². The summed E-state index contributed by atoms with van der Waals surface area (Å²) >= 11 is 0. The molecule has 0 saturated carbocycles. The molecular formula is C15H17ClN2. The van der Waals surface area contributed by atoms with Crippen LogP contribution in [0.4, 0.5) is 0 Å². The fourth-order valence-corrected chi connectivity index (χ4v) is 1.92. The smallest absolute Gasteiger partial charge is 0.0979 e. The fourth-order valence-electron chi connectivity index (χ4n) is 1.92. The highest BCUT2D eigenvalue weighted by atomic mass is 35.5. The molecule has 0 amide bonds. The first-order valence-electron chi connectivity index (χ1n) is 5.68. The summed E-state index contributed by atoms with van der Waals surface area (Å²) in [5.74, 6) is 0.153. The average Bonchev–Trinajstić information content (AvgIpc) is 2.39. The third kappa shape index (κ3) is 2.90. The molecule has 0 aromatic heterocycles. The van der Waals surface area contributed by atoms with Crippen molar-refractivity contribution >= 4 is 18.2 Å². The van der Waals surface area contributed by atoms with Gasteiger partial charge < -0.3 is 5.73 Å². The molecule has 2 rings (SSSR count). The van der Waals surface area contributed by atoms with Crippen LogP contribution in [0.2, 0.25) is 0 Å². The van der Waals surface area contributed by atoms with E-state index in [1.165, 1.54) is 0 Å². The Kier molecular flexibility index (Phi) is 4.93. The molecule has 2 nitrogen and oxygen atoms in total. The summed E-state index contributed by atoms with van der Waals surface area (Å²) in [4.78, 5) is 0. The van der Waals surface area contributed by atoms with Crippen LogP contribution in [0.15, 0.2) is 54.6 Å². The average molecular weight is 261 g/mol. The number of benzene rings is 2. The van der Waals surface area contributed by atoms with Gasteiger partial charge in [-0.15, -0.1) is 12.4 Å². The monoisotopic (exact) mass is 260 g/mol. The molecule has 3 N–H and O–H groups in total. The molecule has 0 saturated heterocycles. The van der Waals surface area contributed by atoms with E-state index in [1.54, 1.807) is 0 Å². The fraction of sp³-hybridized carbons (Fsp3) is 0.133. The van der Waals surface area contributed by atoms with Crippen LogP contribution in [0.25, 0.3) is 11.1 Å². The Morgan fingerprint density at radius 3 is 2.17 bits per heavy atom. The predicted molar refractivity (Wildman–Crippen MR) is 79.5 cm³/mol. The number of hydrogen-bond acceptors (Lipinski definition) is 1. The minimum absolute atomic E-state index is 0. The van der Waals surface area contributed by atoms with Crippen LogP contribution in [0.3, 0.4) is 0 Å². The third-order valence-electron chi connectivity index (χ3n) is 2.98. The SMILES string of the molecule is CC(C(=N)N)c1ccccc1-c1ccccc1.Cl. The van der Waals surface area contributed by atoms with E-state index in [0.29, 0.717) is 0 Å². The first-order valence-corrected chi connectivity index (χ1v) is 5.68. The molecule has 2 aromatic carbocycles. The van der Waals surface area contributed by atoms with Gasteiger partial charge in [0.2, 0.25) is 0 Å². The Morgan fingerprint density at radius 2 is 1.56 bits per heavy atom. The summed E-state index contributed by atoms with van der Waals surface area (Å²) in [5.41, 5.74) is 9.01. The Hall–Kier alpha value is -1.80. The van der Waals surface area contributed by atoms with Gasteiger partial charge in [0, 0.05) is 5.92 Å². The summed E-state index contributed by atoms with van der Waals surface area (Å²) in [6.07, 6.45) is 0. The number of halogens is 1. The normalized spacial score (nSPS) is 11.4. The van der Waals surface area contributed by atoms with E-state index in [0.717, 1.165) is 16.7 Å². The molecule has 94 valence electrons. The van der Waals surface area contributed by atoms with Gasteiger partial charge in [0.05, 0.1) is 5.84 Å². The number of rotatable bonds is 3. The summed E-state index contributed by atoms with van der Waals surface area (Å²) in [7, 11) is 0. The van der Waals surface area contributed by atoms with Crippen LogP contribution >= 0.6 is 12.4 Å². The van der Waals surface area contributed by atoms with Crippen molar-refractivity contribution in [3.63, 3.8) is 0 Å². The van der Waals surface area contributed by atoms with Crippen LogP contribution in [0.1, 0.15) is 18.4 Å². The number of nitrogens with two attached hydrogens (primary N) is 1. The van der Waals surface area contributed by atoms with Gasteiger partial charge in [0.15, 0.2) is 0 Å². The second kappa shape index (κ2) is 6.22. The molecule has 18 heavy (non-hydrogen) atoms. The molecule has 0 spiro atoms. The maximum Gasteiger partial charge on any atom is 0.0979 e. The molecule has 0 aliphatic carbocycles. The third-order valence-corrected chi connectivity index (χ3v) is 2.98. The van der Waals surface area contributed by atoms with E-state index in [-0.39, 0.29) is 24.2 Å². The maximum absolute atomic E-state index is 7.57. The molecule has 0 aliphatic rings. The summed E-state index contributed by atoms with van der Waals surface area (Å²) in [6, 6.07) is 18.3. The van der Waals surface area contributed by atoms with E-state index in [2.05, 4.69) is 18.2 Å². The van der Waals surface area contributed by atoms with Crippen LogP contribution in [0.5, 0.6) is 0 Å². The molecule has 3 heteroatoms. The van der Waals surface area contributed by atoms with Gasteiger partial charge in [-0.1, -0.05) is 61.5 Å². The van der Waals surface area contributed by atoms with Crippen LogP contribution in [-0.2, 0) is 0 Å². The lowest BCUT2D eigenvalue weighted by Crippen LogP contribution is -2.18. The Balaban J connectivity index is 0.00000162. The molecule has 0 heterocycles. The van der Waals surface area contributed by atoms with Gasteiger partial charge in [-0.05, 0) is 16.7 Å².